The van der Waals surface area contributed by atoms with Gasteiger partial charge in [-0.2, -0.15) is 0 Å². The van der Waals surface area contributed by atoms with E-state index in [1.54, 1.807) is 48.7 Å². The molecule has 0 aliphatic carbocycles. The SMILES string of the molecule is O=c1c2cccc[n+]2nc([O-])n1-c1ccccc1. The van der Waals surface area contributed by atoms with Crippen LogP contribution in [0.3, 0.4) is 0 Å². The number of aromatic nitrogens is 3. The van der Waals surface area contributed by atoms with Gasteiger partial charge in [-0.25, -0.2) is 0 Å². The number of hydrogen-bond acceptors (Lipinski definition) is 3. The summed E-state index contributed by atoms with van der Waals surface area (Å²) in [5, 5.41) is 15.7. The molecule has 0 N–H and O–H groups in total. The van der Waals surface area contributed by atoms with E-state index in [4.69, 9.17) is 0 Å². The molecule has 0 spiro atoms. The van der Waals surface area contributed by atoms with Gasteiger partial charge in [0.05, 0.1) is 5.69 Å². The average Bonchev–Trinajstić information content (AvgIpc) is 2.40. The predicted molar refractivity (Wildman–Crippen MR) is 62.4 cm³/mol. The molecule has 2 heterocycles. The molecule has 0 atom stereocenters. The first-order valence-electron chi connectivity index (χ1n) is 5.43. The molecular formula is C13H9N3O2. The quantitative estimate of drug-likeness (QED) is 0.563. The molecule has 3 rings (SSSR count). The van der Waals surface area contributed by atoms with E-state index in [0.717, 1.165) is 4.57 Å². The van der Waals surface area contributed by atoms with Crippen molar-refractivity contribution in [3.63, 3.8) is 0 Å². The maximum atomic E-state index is 12.3. The summed E-state index contributed by atoms with van der Waals surface area (Å²) in [5.41, 5.74) is 0.508. The maximum absolute atomic E-state index is 12.3. The second-order valence-corrected chi connectivity index (χ2v) is 3.79. The Morgan fingerprint density at radius 3 is 2.56 bits per heavy atom. The third-order valence-electron chi connectivity index (χ3n) is 2.66. The van der Waals surface area contributed by atoms with Gasteiger partial charge in [-0.05, 0) is 22.7 Å². The Hall–Kier alpha value is -2.69. The molecule has 18 heavy (non-hydrogen) atoms. The van der Waals surface area contributed by atoms with Crippen LogP contribution in [0.15, 0.2) is 59.5 Å². The zero-order chi connectivity index (χ0) is 12.5. The highest BCUT2D eigenvalue weighted by molar-refractivity contribution is 5.41. The second-order valence-electron chi connectivity index (χ2n) is 3.79. The van der Waals surface area contributed by atoms with Crippen molar-refractivity contribution in [3.05, 3.63) is 65.1 Å². The van der Waals surface area contributed by atoms with Gasteiger partial charge in [0, 0.05) is 17.2 Å². The molecule has 0 radical (unpaired) electrons. The van der Waals surface area contributed by atoms with Crippen LogP contribution in [-0.2, 0) is 0 Å². The van der Waals surface area contributed by atoms with Gasteiger partial charge < -0.3 is 5.11 Å². The summed E-state index contributed by atoms with van der Waals surface area (Å²) in [4.78, 5) is 12.3. The second kappa shape index (κ2) is 3.96. The summed E-state index contributed by atoms with van der Waals surface area (Å²) >= 11 is 0. The Kier molecular flexibility index (Phi) is 2.30. The summed E-state index contributed by atoms with van der Waals surface area (Å²) in [5.74, 6) is 0. The van der Waals surface area contributed by atoms with E-state index < -0.39 is 6.01 Å². The monoisotopic (exact) mass is 239 g/mol. The fraction of sp³-hybridized carbons (Fsp3) is 0. The molecule has 0 aliphatic heterocycles. The molecule has 5 nitrogen and oxygen atoms in total. The smallest absolute Gasteiger partial charge is 0.331 e. The Morgan fingerprint density at radius 2 is 1.78 bits per heavy atom. The van der Waals surface area contributed by atoms with Crippen molar-refractivity contribution in [3.8, 4) is 11.7 Å². The van der Waals surface area contributed by atoms with Crippen LogP contribution in [0.25, 0.3) is 11.2 Å². The van der Waals surface area contributed by atoms with Gasteiger partial charge in [0.15, 0.2) is 0 Å². The first-order valence-corrected chi connectivity index (χ1v) is 5.43. The van der Waals surface area contributed by atoms with Crippen molar-refractivity contribution >= 4 is 5.52 Å². The molecule has 0 fully saturated rings. The maximum Gasteiger partial charge on any atom is 0.331 e. The third kappa shape index (κ3) is 1.53. The van der Waals surface area contributed by atoms with Crippen molar-refractivity contribution in [1.82, 2.24) is 9.67 Å². The highest BCUT2D eigenvalue weighted by Crippen LogP contribution is 2.08. The van der Waals surface area contributed by atoms with E-state index >= 15 is 0 Å². The third-order valence-corrected chi connectivity index (χ3v) is 2.66. The van der Waals surface area contributed by atoms with Gasteiger partial charge >= 0.3 is 11.1 Å². The topological polar surface area (TPSA) is 62.1 Å². The summed E-state index contributed by atoms with van der Waals surface area (Å²) < 4.78 is 2.36. The summed E-state index contributed by atoms with van der Waals surface area (Å²) in [6.07, 6.45) is 1.58. The van der Waals surface area contributed by atoms with Crippen molar-refractivity contribution in [2.75, 3.05) is 0 Å². The number of benzene rings is 1. The lowest BCUT2D eigenvalue weighted by molar-refractivity contribution is -0.590. The number of pyridine rings is 1. The van der Waals surface area contributed by atoms with Crippen LogP contribution in [0.1, 0.15) is 0 Å². The number of rotatable bonds is 1. The Balaban J connectivity index is 2.41. The predicted octanol–water partition coefficient (Wildman–Crippen LogP) is 0.0448. The molecule has 5 heteroatoms. The van der Waals surface area contributed by atoms with E-state index in [-0.39, 0.29) is 5.56 Å². The molecule has 3 aromatic rings. The Bertz CT molecular complexity index is 766. The van der Waals surface area contributed by atoms with Crippen molar-refractivity contribution < 1.29 is 9.62 Å². The molecule has 0 saturated carbocycles. The van der Waals surface area contributed by atoms with Crippen molar-refractivity contribution in [1.29, 1.82) is 0 Å². The van der Waals surface area contributed by atoms with Gasteiger partial charge in [0.1, 0.15) is 6.01 Å². The number of hydrogen-bond donors (Lipinski definition) is 0. The van der Waals surface area contributed by atoms with Gasteiger partial charge in [-0.15, -0.1) is 0 Å². The fourth-order valence-corrected chi connectivity index (χ4v) is 1.83. The van der Waals surface area contributed by atoms with Gasteiger partial charge in [0.25, 0.3) is 0 Å². The summed E-state index contributed by atoms with van der Waals surface area (Å²) in [6.45, 7) is 0. The van der Waals surface area contributed by atoms with Crippen LogP contribution in [-0.4, -0.2) is 9.67 Å². The van der Waals surface area contributed by atoms with E-state index in [1.807, 2.05) is 6.07 Å². The minimum atomic E-state index is -0.588. The van der Waals surface area contributed by atoms with Crippen LogP contribution in [0, 0.1) is 0 Å². The van der Waals surface area contributed by atoms with Crippen LogP contribution in [0.2, 0.25) is 0 Å². The van der Waals surface area contributed by atoms with Crippen LogP contribution in [0.5, 0.6) is 6.01 Å². The minimum Gasteiger partial charge on any atom is -0.841 e. The van der Waals surface area contributed by atoms with Crippen molar-refractivity contribution in [2.24, 2.45) is 0 Å². The zero-order valence-electron chi connectivity index (χ0n) is 9.35. The molecule has 0 aliphatic rings. The molecule has 2 aromatic heterocycles. The molecule has 1 aromatic carbocycles. The Labute approximate surface area is 102 Å². The molecule has 0 saturated heterocycles. The van der Waals surface area contributed by atoms with Gasteiger partial charge in [0.2, 0.25) is 6.20 Å². The summed E-state index contributed by atoms with van der Waals surface area (Å²) in [7, 11) is 0. The number of fused-ring (bicyclic) bond motifs is 1. The van der Waals surface area contributed by atoms with Crippen molar-refractivity contribution in [2.45, 2.75) is 0 Å². The first-order chi connectivity index (χ1) is 8.77. The van der Waals surface area contributed by atoms with Crippen LogP contribution >= 0.6 is 0 Å². The average molecular weight is 239 g/mol. The van der Waals surface area contributed by atoms with E-state index in [0.29, 0.717) is 11.2 Å². The molecule has 88 valence electrons. The Morgan fingerprint density at radius 1 is 1.06 bits per heavy atom. The highest BCUT2D eigenvalue weighted by Gasteiger charge is 2.13. The van der Waals surface area contributed by atoms with Gasteiger partial charge in [-0.3, -0.25) is 9.36 Å². The number of para-hydroxylation sites is 1. The van der Waals surface area contributed by atoms with E-state index in [9.17, 15) is 9.90 Å². The molecule has 0 unspecified atom stereocenters. The van der Waals surface area contributed by atoms with Crippen LogP contribution in [0.4, 0.5) is 0 Å². The lowest BCUT2D eigenvalue weighted by Crippen LogP contribution is -2.38. The molecule has 0 bridgehead atoms. The highest BCUT2D eigenvalue weighted by atomic mass is 16.3. The summed E-state index contributed by atoms with van der Waals surface area (Å²) in [6, 6.07) is 13.2. The van der Waals surface area contributed by atoms with Crippen LogP contribution < -0.4 is 15.2 Å². The van der Waals surface area contributed by atoms with Gasteiger partial charge in [-0.1, -0.05) is 18.2 Å². The lowest BCUT2D eigenvalue weighted by atomic mass is 10.3. The number of nitrogens with zero attached hydrogens (tertiary/aromatic N) is 3. The molecular weight excluding hydrogens is 230 g/mol. The first kappa shape index (κ1) is 10.5. The van der Waals surface area contributed by atoms with E-state index in [2.05, 4.69) is 5.10 Å². The zero-order valence-corrected chi connectivity index (χ0v) is 9.35. The normalized spacial score (nSPS) is 10.7. The largest absolute Gasteiger partial charge is 0.841 e. The minimum absolute atomic E-state index is 0.362. The molecule has 0 amide bonds. The fourth-order valence-electron chi connectivity index (χ4n) is 1.83. The van der Waals surface area contributed by atoms with E-state index in [1.165, 1.54) is 4.52 Å². The standard InChI is InChI=1S/C13H9N3O2/c17-12-11-8-4-5-9-15(11)14-13(18)16(12)10-6-2-1-3-7-10/h1-9H. The lowest BCUT2D eigenvalue weighted by Gasteiger charge is -2.11.